The Morgan fingerprint density at radius 1 is 1.21 bits per heavy atom. The number of aromatic nitrogens is 3. The summed E-state index contributed by atoms with van der Waals surface area (Å²) in [5, 5.41) is 8.49. The molecule has 0 saturated heterocycles. The van der Waals surface area contributed by atoms with Crippen molar-refractivity contribution in [3.8, 4) is 11.3 Å². The molecular formula is C20H23N7OS. The maximum absolute atomic E-state index is 11.9. The Kier molecular flexibility index (Phi) is 5.68. The number of hydrogen-bond acceptors (Lipinski definition) is 8. The molecule has 0 unspecified atom stereocenters. The van der Waals surface area contributed by atoms with E-state index in [4.69, 9.17) is 11.5 Å². The predicted molar refractivity (Wildman–Crippen MR) is 115 cm³/mol. The van der Waals surface area contributed by atoms with Gasteiger partial charge in [-0.05, 0) is 25.0 Å². The van der Waals surface area contributed by atoms with Crippen LogP contribution in [0.25, 0.3) is 11.3 Å². The molecule has 4 rings (SSSR count). The molecule has 9 heteroatoms. The minimum absolute atomic E-state index is 0.0642. The fraction of sp³-hybridized carbons (Fsp3) is 0.300. The molecule has 6 N–H and O–H groups in total. The highest BCUT2D eigenvalue weighted by Crippen LogP contribution is 2.26. The third-order valence-corrected chi connectivity index (χ3v) is 5.63. The average molecular weight is 410 g/mol. The van der Waals surface area contributed by atoms with Gasteiger partial charge in [-0.2, -0.15) is 4.98 Å². The van der Waals surface area contributed by atoms with E-state index in [1.165, 1.54) is 17.5 Å². The first-order valence-corrected chi connectivity index (χ1v) is 10.5. The van der Waals surface area contributed by atoms with Crippen molar-refractivity contribution < 1.29 is 4.79 Å². The zero-order chi connectivity index (χ0) is 20.2. The summed E-state index contributed by atoms with van der Waals surface area (Å²) in [4.78, 5) is 25.0. The Balaban J connectivity index is 1.60. The van der Waals surface area contributed by atoms with Crippen LogP contribution in [0.1, 0.15) is 36.0 Å². The Bertz CT molecular complexity index is 992. The smallest absolute Gasteiger partial charge is 0.254 e. The van der Waals surface area contributed by atoms with Gasteiger partial charge in [0, 0.05) is 34.9 Å². The van der Waals surface area contributed by atoms with Crippen LogP contribution >= 0.6 is 11.3 Å². The number of rotatable bonds is 6. The molecule has 1 fully saturated rings. The van der Waals surface area contributed by atoms with Crippen LogP contribution in [-0.2, 0) is 0 Å². The van der Waals surface area contributed by atoms with Crippen molar-refractivity contribution in [1.82, 2.24) is 15.0 Å². The van der Waals surface area contributed by atoms with Gasteiger partial charge in [-0.1, -0.05) is 25.0 Å². The second-order valence-electron chi connectivity index (χ2n) is 7.10. The van der Waals surface area contributed by atoms with E-state index in [2.05, 4.69) is 25.6 Å². The van der Waals surface area contributed by atoms with Crippen molar-refractivity contribution >= 4 is 34.7 Å². The summed E-state index contributed by atoms with van der Waals surface area (Å²) in [6, 6.07) is 7.92. The largest absolute Gasteiger partial charge is 0.365 e. The molecule has 1 aliphatic rings. The lowest BCUT2D eigenvalue weighted by atomic mass is 9.91. The number of carbonyl (C=O) groups excluding carboxylic acids is 1. The molecular weight excluding hydrogens is 386 g/mol. The zero-order valence-electron chi connectivity index (χ0n) is 15.8. The normalized spacial score (nSPS) is 18.9. The molecule has 0 radical (unpaired) electrons. The van der Waals surface area contributed by atoms with Gasteiger partial charge in [0.2, 0.25) is 5.95 Å². The first-order chi connectivity index (χ1) is 14.1. The van der Waals surface area contributed by atoms with Gasteiger partial charge < -0.3 is 22.1 Å². The van der Waals surface area contributed by atoms with E-state index in [0.29, 0.717) is 11.8 Å². The first kappa shape index (κ1) is 19.3. The van der Waals surface area contributed by atoms with Crippen LogP contribution in [0.4, 0.5) is 17.5 Å². The lowest BCUT2D eigenvalue weighted by Crippen LogP contribution is -2.43. The Morgan fingerprint density at radius 2 is 2.07 bits per heavy atom. The van der Waals surface area contributed by atoms with Crippen molar-refractivity contribution in [3.63, 3.8) is 0 Å². The van der Waals surface area contributed by atoms with Crippen LogP contribution in [0, 0.1) is 0 Å². The Morgan fingerprint density at radius 3 is 2.83 bits per heavy atom. The zero-order valence-corrected chi connectivity index (χ0v) is 16.7. The van der Waals surface area contributed by atoms with Crippen molar-refractivity contribution in [2.45, 2.75) is 37.8 Å². The highest BCUT2D eigenvalue weighted by atomic mass is 32.1. The maximum Gasteiger partial charge on any atom is 0.254 e. The molecule has 1 aliphatic carbocycles. The monoisotopic (exact) mass is 409 g/mol. The third kappa shape index (κ3) is 4.52. The number of carbonyl (C=O) groups is 1. The summed E-state index contributed by atoms with van der Waals surface area (Å²) in [5.74, 6) is 0.189. The number of nitrogens with zero attached hydrogens (tertiary/aromatic N) is 3. The van der Waals surface area contributed by atoms with Crippen LogP contribution in [0.3, 0.4) is 0 Å². The highest BCUT2D eigenvalue weighted by Gasteiger charge is 2.23. The highest BCUT2D eigenvalue weighted by molar-refractivity contribution is 7.07. The van der Waals surface area contributed by atoms with Crippen LogP contribution in [0.2, 0.25) is 0 Å². The first-order valence-electron chi connectivity index (χ1n) is 9.55. The van der Waals surface area contributed by atoms with E-state index < -0.39 is 5.91 Å². The molecule has 29 heavy (non-hydrogen) atoms. The number of amides is 1. The van der Waals surface area contributed by atoms with Gasteiger partial charge in [0.25, 0.3) is 5.91 Å². The molecule has 1 saturated carbocycles. The average Bonchev–Trinajstić information content (AvgIpc) is 3.25. The second kappa shape index (κ2) is 8.54. The summed E-state index contributed by atoms with van der Waals surface area (Å²) >= 11 is 1.54. The van der Waals surface area contributed by atoms with Gasteiger partial charge in [0.15, 0.2) is 0 Å². The van der Waals surface area contributed by atoms with Gasteiger partial charge in [-0.25, -0.2) is 9.97 Å². The number of benzene rings is 1. The molecule has 2 heterocycles. The van der Waals surface area contributed by atoms with E-state index >= 15 is 0 Å². The number of anilines is 3. The van der Waals surface area contributed by atoms with Crippen molar-refractivity contribution in [3.05, 3.63) is 46.9 Å². The van der Waals surface area contributed by atoms with E-state index in [-0.39, 0.29) is 17.6 Å². The summed E-state index contributed by atoms with van der Waals surface area (Å²) in [6.45, 7) is 0. The van der Waals surface area contributed by atoms with E-state index in [1.54, 1.807) is 5.51 Å². The Hall–Kier alpha value is -3.04. The molecule has 3 aromatic rings. The number of nitrogens with one attached hydrogen (secondary N) is 2. The summed E-state index contributed by atoms with van der Waals surface area (Å²) in [5.41, 5.74) is 16.4. The number of hydrogen-bond donors (Lipinski definition) is 4. The maximum atomic E-state index is 11.9. The minimum Gasteiger partial charge on any atom is -0.365 e. The van der Waals surface area contributed by atoms with Gasteiger partial charge in [-0.15, -0.1) is 11.3 Å². The standard InChI is InChI=1S/C20H23N7OS/c21-15-6-1-2-7-16(15)26-20-23-9-14(18(22)28)19(27-20)25-13-5-3-4-12(8-13)17-10-29-11-24-17/h3-5,8-11,15-16H,1-2,6-7,21H2,(H2,22,28)(H2,23,25,26,27)/t15-,16+/m0/s1. The number of thiazole rings is 1. The number of primary amides is 1. The SMILES string of the molecule is NC(=O)c1cnc(N[C@@H]2CCCC[C@@H]2N)nc1Nc1cccc(-c2cscn2)c1. The number of nitrogens with two attached hydrogens (primary N) is 2. The van der Waals surface area contributed by atoms with E-state index in [0.717, 1.165) is 42.6 Å². The fourth-order valence-corrected chi connectivity index (χ4v) is 4.04. The minimum atomic E-state index is -0.593. The lowest BCUT2D eigenvalue weighted by Gasteiger charge is -2.29. The molecule has 150 valence electrons. The summed E-state index contributed by atoms with van der Waals surface area (Å²) < 4.78 is 0. The van der Waals surface area contributed by atoms with Gasteiger partial charge in [-0.3, -0.25) is 4.79 Å². The fourth-order valence-electron chi connectivity index (χ4n) is 3.48. The lowest BCUT2D eigenvalue weighted by molar-refractivity contribution is 0.100. The predicted octanol–water partition coefficient (Wildman–Crippen LogP) is 3.12. The molecule has 0 spiro atoms. The molecule has 2 atom stereocenters. The topological polar surface area (TPSA) is 132 Å². The van der Waals surface area contributed by atoms with E-state index in [9.17, 15) is 4.79 Å². The van der Waals surface area contributed by atoms with Crippen LogP contribution < -0.4 is 22.1 Å². The van der Waals surface area contributed by atoms with Crippen molar-refractivity contribution in [1.29, 1.82) is 0 Å². The molecule has 0 aliphatic heterocycles. The van der Waals surface area contributed by atoms with Gasteiger partial charge >= 0.3 is 0 Å². The van der Waals surface area contributed by atoms with Crippen LogP contribution in [0.15, 0.2) is 41.4 Å². The molecule has 2 aromatic heterocycles. The van der Waals surface area contributed by atoms with Crippen LogP contribution in [-0.4, -0.2) is 32.9 Å². The van der Waals surface area contributed by atoms with Crippen molar-refractivity contribution in [2.75, 3.05) is 10.6 Å². The van der Waals surface area contributed by atoms with Gasteiger partial charge in [0.1, 0.15) is 11.4 Å². The molecule has 1 amide bonds. The molecule has 0 bridgehead atoms. The van der Waals surface area contributed by atoms with Gasteiger partial charge in [0.05, 0.1) is 11.2 Å². The van der Waals surface area contributed by atoms with E-state index in [1.807, 2.05) is 29.6 Å². The second-order valence-corrected chi connectivity index (χ2v) is 7.82. The summed E-state index contributed by atoms with van der Waals surface area (Å²) in [7, 11) is 0. The third-order valence-electron chi connectivity index (χ3n) is 5.04. The summed E-state index contributed by atoms with van der Waals surface area (Å²) in [6.07, 6.45) is 5.66. The Labute approximate surface area is 172 Å². The molecule has 8 nitrogen and oxygen atoms in total. The quantitative estimate of drug-likeness (QED) is 0.492. The molecule has 1 aromatic carbocycles. The van der Waals surface area contributed by atoms with Crippen LogP contribution in [0.5, 0.6) is 0 Å². The van der Waals surface area contributed by atoms with Crippen molar-refractivity contribution in [2.24, 2.45) is 11.5 Å².